The zero-order chi connectivity index (χ0) is 18.3. The third kappa shape index (κ3) is 3.00. The van der Waals surface area contributed by atoms with Gasteiger partial charge in [-0.1, -0.05) is 6.92 Å². The SMILES string of the molecule is CC1CCC(n2cnc3c(N)nc(-c4ccc(N(C)C)cc4)nc32)CC1. The van der Waals surface area contributed by atoms with E-state index in [4.69, 9.17) is 10.7 Å². The van der Waals surface area contributed by atoms with Gasteiger partial charge >= 0.3 is 0 Å². The average Bonchev–Trinajstić information content (AvgIpc) is 3.07. The Morgan fingerprint density at radius 2 is 1.73 bits per heavy atom. The Kier molecular flexibility index (Phi) is 4.26. The van der Waals surface area contributed by atoms with E-state index in [1.54, 1.807) is 0 Å². The summed E-state index contributed by atoms with van der Waals surface area (Å²) < 4.78 is 2.21. The first-order valence-corrected chi connectivity index (χ1v) is 9.30. The first-order valence-electron chi connectivity index (χ1n) is 9.30. The van der Waals surface area contributed by atoms with E-state index in [1.165, 1.54) is 25.7 Å². The van der Waals surface area contributed by atoms with Gasteiger partial charge in [-0.15, -0.1) is 0 Å². The average molecular weight is 350 g/mol. The van der Waals surface area contributed by atoms with Crippen molar-refractivity contribution in [3.63, 3.8) is 0 Å². The number of nitrogen functional groups attached to an aromatic ring is 1. The van der Waals surface area contributed by atoms with Crippen molar-refractivity contribution in [2.24, 2.45) is 5.92 Å². The molecule has 0 bridgehead atoms. The van der Waals surface area contributed by atoms with Gasteiger partial charge in [0.1, 0.15) is 5.52 Å². The van der Waals surface area contributed by atoms with Crippen LogP contribution in [0.15, 0.2) is 30.6 Å². The summed E-state index contributed by atoms with van der Waals surface area (Å²) in [6.45, 7) is 2.33. The lowest BCUT2D eigenvalue weighted by molar-refractivity contribution is 0.293. The quantitative estimate of drug-likeness (QED) is 0.776. The molecule has 1 aliphatic carbocycles. The standard InChI is InChI=1S/C20H26N6/c1-13-4-8-16(9-5-13)26-12-22-17-18(21)23-19(24-20(17)26)14-6-10-15(11-7-14)25(2)3/h6-7,10-13,16H,4-5,8-9H2,1-3H3,(H2,21,23,24). The van der Waals surface area contributed by atoms with Crippen LogP contribution in [-0.2, 0) is 0 Å². The number of hydrogen-bond donors (Lipinski definition) is 1. The number of anilines is 2. The van der Waals surface area contributed by atoms with Crippen LogP contribution in [0.1, 0.15) is 38.6 Å². The smallest absolute Gasteiger partial charge is 0.166 e. The molecule has 1 fully saturated rings. The molecule has 0 radical (unpaired) electrons. The molecule has 1 aromatic carbocycles. The second-order valence-electron chi connectivity index (χ2n) is 7.61. The summed E-state index contributed by atoms with van der Waals surface area (Å²) in [5.41, 5.74) is 9.87. The van der Waals surface area contributed by atoms with Crippen molar-refractivity contribution >= 4 is 22.7 Å². The highest BCUT2D eigenvalue weighted by molar-refractivity contribution is 5.84. The molecule has 6 nitrogen and oxygen atoms in total. The number of hydrogen-bond acceptors (Lipinski definition) is 5. The van der Waals surface area contributed by atoms with Gasteiger partial charge < -0.3 is 15.2 Å². The molecule has 2 aromatic heterocycles. The molecule has 0 unspecified atom stereocenters. The van der Waals surface area contributed by atoms with E-state index < -0.39 is 0 Å². The number of imidazole rings is 1. The largest absolute Gasteiger partial charge is 0.382 e. The molecule has 26 heavy (non-hydrogen) atoms. The lowest BCUT2D eigenvalue weighted by atomic mass is 9.87. The number of aromatic nitrogens is 4. The first-order chi connectivity index (χ1) is 12.5. The summed E-state index contributed by atoms with van der Waals surface area (Å²) in [6.07, 6.45) is 6.73. The fourth-order valence-corrected chi connectivity index (χ4v) is 3.76. The minimum Gasteiger partial charge on any atom is -0.382 e. The Labute approximate surface area is 154 Å². The van der Waals surface area contributed by atoms with E-state index in [0.29, 0.717) is 23.2 Å². The third-order valence-corrected chi connectivity index (χ3v) is 5.47. The molecule has 0 saturated heterocycles. The van der Waals surface area contributed by atoms with Crippen LogP contribution in [0.4, 0.5) is 11.5 Å². The number of nitrogens with two attached hydrogens (primary N) is 1. The Bertz CT molecular complexity index is 904. The van der Waals surface area contributed by atoms with Gasteiger partial charge in [0.25, 0.3) is 0 Å². The number of rotatable bonds is 3. The Hall–Kier alpha value is -2.63. The summed E-state index contributed by atoms with van der Waals surface area (Å²) in [4.78, 5) is 15.9. The van der Waals surface area contributed by atoms with Crippen LogP contribution in [0.3, 0.4) is 0 Å². The molecular weight excluding hydrogens is 324 g/mol. The second-order valence-corrected chi connectivity index (χ2v) is 7.61. The molecule has 3 aromatic rings. The normalized spacial score (nSPS) is 20.4. The topological polar surface area (TPSA) is 72.9 Å². The van der Waals surface area contributed by atoms with Crippen molar-refractivity contribution in [3.8, 4) is 11.4 Å². The summed E-state index contributed by atoms with van der Waals surface area (Å²) >= 11 is 0. The first kappa shape index (κ1) is 16.8. The Morgan fingerprint density at radius 3 is 2.38 bits per heavy atom. The van der Waals surface area contributed by atoms with Crippen molar-refractivity contribution in [2.45, 2.75) is 38.6 Å². The third-order valence-electron chi connectivity index (χ3n) is 5.47. The minimum atomic E-state index is 0.449. The van der Waals surface area contributed by atoms with Crippen LogP contribution in [0.5, 0.6) is 0 Å². The minimum absolute atomic E-state index is 0.449. The molecule has 1 saturated carbocycles. The van der Waals surface area contributed by atoms with Gasteiger partial charge in [-0.3, -0.25) is 0 Å². The van der Waals surface area contributed by atoms with E-state index in [9.17, 15) is 0 Å². The summed E-state index contributed by atoms with van der Waals surface area (Å²) in [6, 6.07) is 8.67. The zero-order valence-corrected chi connectivity index (χ0v) is 15.7. The molecule has 4 rings (SSSR count). The van der Waals surface area contributed by atoms with Gasteiger partial charge in [0.15, 0.2) is 17.3 Å². The van der Waals surface area contributed by atoms with Crippen molar-refractivity contribution < 1.29 is 0 Å². The predicted octanol–water partition coefficient (Wildman–Crippen LogP) is 3.89. The summed E-state index contributed by atoms with van der Waals surface area (Å²) in [5.74, 6) is 1.92. The maximum Gasteiger partial charge on any atom is 0.166 e. The maximum absolute atomic E-state index is 6.20. The Morgan fingerprint density at radius 1 is 1.04 bits per heavy atom. The van der Waals surface area contributed by atoms with Crippen molar-refractivity contribution in [2.75, 3.05) is 24.7 Å². The van der Waals surface area contributed by atoms with Crippen molar-refractivity contribution in [1.82, 2.24) is 19.5 Å². The molecule has 0 spiro atoms. The molecule has 0 amide bonds. The molecule has 1 aliphatic rings. The van der Waals surface area contributed by atoms with Crippen molar-refractivity contribution in [3.05, 3.63) is 30.6 Å². The highest BCUT2D eigenvalue weighted by atomic mass is 15.2. The van der Waals surface area contributed by atoms with Gasteiger partial charge in [-0.25, -0.2) is 15.0 Å². The molecule has 0 aliphatic heterocycles. The molecule has 0 atom stereocenters. The van der Waals surface area contributed by atoms with E-state index in [0.717, 1.165) is 22.8 Å². The lowest BCUT2D eigenvalue weighted by Gasteiger charge is -2.27. The fraction of sp³-hybridized carbons (Fsp3) is 0.450. The number of nitrogens with zero attached hydrogens (tertiary/aromatic N) is 5. The Balaban J connectivity index is 1.74. The van der Waals surface area contributed by atoms with Gasteiger partial charge in [-0.05, 0) is 55.9 Å². The van der Waals surface area contributed by atoms with Crippen LogP contribution < -0.4 is 10.6 Å². The van der Waals surface area contributed by atoms with E-state index in [1.807, 2.05) is 32.6 Å². The maximum atomic E-state index is 6.20. The zero-order valence-electron chi connectivity index (χ0n) is 15.7. The molecule has 6 heteroatoms. The number of benzene rings is 1. The highest BCUT2D eigenvalue weighted by Crippen LogP contribution is 2.34. The summed E-state index contributed by atoms with van der Waals surface area (Å²) in [5, 5.41) is 0. The second kappa shape index (κ2) is 6.59. The molecule has 2 heterocycles. The van der Waals surface area contributed by atoms with Gasteiger partial charge in [0, 0.05) is 31.4 Å². The fourth-order valence-electron chi connectivity index (χ4n) is 3.76. The molecular formula is C20H26N6. The van der Waals surface area contributed by atoms with Gasteiger partial charge in [0.2, 0.25) is 0 Å². The summed E-state index contributed by atoms with van der Waals surface area (Å²) in [7, 11) is 4.05. The monoisotopic (exact) mass is 350 g/mol. The predicted molar refractivity (Wildman–Crippen MR) is 106 cm³/mol. The van der Waals surface area contributed by atoms with Crippen LogP contribution >= 0.6 is 0 Å². The van der Waals surface area contributed by atoms with Gasteiger partial charge in [0.05, 0.1) is 6.33 Å². The number of fused-ring (bicyclic) bond motifs is 1. The van der Waals surface area contributed by atoms with E-state index in [-0.39, 0.29) is 0 Å². The van der Waals surface area contributed by atoms with Crippen molar-refractivity contribution in [1.29, 1.82) is 0 Å². The van der Waals surface area contributed by atoms with Crippen LogP contribution in [0, 0.1) is 5.92 Å². The van der Waals surface area contributed by atoms with Crippen LogP contribution in [-0.4, -0.2) is 33.6 Å². The lowest BCUT2D eigenvalue weighted by Crippen LogP contribution is -2.16. The van der Waals surface area contributed by atoms with E-state index >= 15 is 0 Å². The van der Waals surface area contributed by atoms with Gasteiger partial charge in [-0.2, -0.15) is 0 Å². The van der Waals surface area contributed by atoms with Crippen LogP contribution in [0.2, 0.25) is 0 Å². The van der Waals surface area contributed by atoms with Crippen LogP contribution in [0.25, 0.3) is 22.6 Å². The van der Waals surface area contributed by atoms with E-state index in [2.05, 4.69) is 38.5 Å². The highest BCUT2D eigenvalue weighted by Gasteiger charge is 2.23. The molecule has 136 valence electrons. The molecule has 2 N–H and O–H groups in total.